The van der Waals surface area contributed by atoms with Crippen molar-refractivity contribution < 1.29 is 4.39 Å². The number of fused-ring (bicyclic) bond motifs is 3. The van der Waals surface area contributed by atoms with Crippen molar-refractivity contribution in [1.29, 1.82) is 0 Å². The first-order chi connectivity index (χ1) is 15.2. The summed E-state index contributed by atoms with van der Waals surface area (Å²) in [6, 6.07) is 18.0. The molecule has 0 unspecified atom stereocenters. The largest absolute Gasteiger partial charge is 0.205 e. The summed E-state index contributed by atoms with van der Waals surface area (Å²) >= 11 is 5.85. The fourth-order valence-electron chi connectivity index (χ4n) is 4.93. The monoisotopic (exact) mass is 432 g/mol. The highest BCUT2D eigenvalue weighted by atomic mass is 35.5. The van der Waals surface area contributed by atoms with Gasteiger partial charge in [0, 0.05) is 11.5 Å². The molecule has 2 heteroatoms. The third-order valence-corrected chi connectivity index (χ3v) is 6.93. The fourth-order valence-corrected chi connectivity index (χ4v) is 5.04. The molecule has 0 saturated carbocycles. The summed E-state index contributed by atoms with van der Waals surface area (Å²) in [7, 11) is 0. The number of benzene rings is 3. The number of rotatable bonds is 6. The number of halogens is 2. The molecule has 2 atom stereocenters. The molecule has 0 bridgehead atoms. The smallest absolute Gasteiger partial charge is 0.143 e. The van der Waals surface area contributed by atoms with Gasteiger partial charge in [-0.05, 0) is 65.3 Å². The van der Waals surface area contributed by atoms with E-state index in [1.807, 2.05) is 6.07 Å². The Morgan fingerprint density at radius 2 is 1.84 bits per heavy atom. The van der Waals surface area contributed by atoms with Gasteiger partial charge >= 0.3 is 0 Å². The van der Waals surface area contributed by atoms with Gasteiger partial charge in [0.15, 0.2) is 0 Å². The van der Waals surface area contributed by atoms with Gasteiger partial charge in [0.1, 0.15) is 5.82 Å². The quantitative estimate of drug-likeness (QED) is 0.270. The highest BCUT2D eigenvalue weighted by molar-refractivity contribution is 6.30. The average Bonchev–Trinajstić information content (AvgIpc) is 2.79. The normalized spacial score (nSPS) is 17.8. The molecule has 31 heavy (non-hydrogen) atoms. The zero-order valence-electron chi connectivity index (χ0n) is 18.3. The van der Waals surface area contributed by atoms with Crippen molar-refractivity contribution in [2.45, 2.75) is 64.2 Å². The summed E-state index contributed by atoms with van der Waals surface area (Å²) in [6.45, 7) is 2.26. The molecule has 1 aliphatic rings. The maximum Gasteiger partial charge on any atom is 0.143 e. The lowest BCUT2D eigenvalue weighted by molar-refractivity contribution is 0.380. The zero-order chi connectivity index (χ0) is 21.6. The molecule has 4 rings (SSSR count). The first-order valence-corrected chi connectivity index (χ1v) is 12.0. The number of unbranched alkanes of at least 4 members (excludes halogenated alkanes) is 4. The Morgan fingerprint density at radius 1 is 1.00 bits per heavy atom. The summed E-state index contributed by atoms with van der Waals surface area (Å²) in [5, 5.41) is 2.79. The third kappa shape index (κ3) is 5.13. The molecule has 0 fully saturated rings. The van der Waals surface area contributed by atoms with E-state index in [1.165, 1.54) is 72.9 Å². The molecule has 0 amide bonds. The number of aryl methyl sites for hydroxylation is 1. The van der Waals surface area contributed by atoms with Crippen molar-refractivity contribution in [2.75, 3.05) is 0 Å². The predicted molar refractivity (Wildman–Crippen MR) is 130 cm³/mol. The maximum atomic E-state index is 13.9. The van der Waals surface area contributed by atoms with Crippen LogP contribution in [0.1, 0.15) is 74.5 Å². The Morgan fingerprint density at radius 3 is 2.68 bits per heavy atom. The van der Waals surface area contributed by atoms with E-state index < -0.39 is 5.82 Å². The molecule has 0 aromatic heterocycles. The Balaban J connectivity index is 1.65. The highest BCUT2D eigenvalue weighted by Crippen LogP contribution is 2.41. The van der Waals surface area contributed by atoms with Gasteiger partial charge < -0.3 is 0 Å². The van der Waals surface area contributed by atoms with Crippen molar-refractivity contribution in [3.8, 4) is 11.8 Å². The van der Waals surface area contributed by atoms with E-state index in [0.717, 1.165) is 6.42 Å². The van der Waals surface area contributed by atoms with Gasteiger partial charge in [0.05, 0.1) is 5.02 Å². The van der Waals surface area contributed by atoms with Crippen LogP contribution >= 0.6 is 11.6 Å². The minimum atomic E-state index is -0.407. The molecule has 0 radical (unpaired) electrons. The Labute approximate surface area is 190 Å². The molecule has 0 aliphatic heterocycles. The highest BCUT2D eigenvalue weighted by Gasteiger charge is 2.29. The second-order valence-electron chi connectivity index (χ2n) is 8.73. The lowest BCUT2D eigenvalue weighted by Gasteiger charge is -2.31. The summed E-state index contributed by atoms with van der Waals surface area (Å²) in [5.41, 5.74) is 3.50. The summed E-state index contributed by atoms with van der Waals surface area (Å²) < 4.78 is 13.9. The van der Waals surface area contributed by atoms with Crippen LogP contribution in [-0.4, -0.2) is 0 Å². The van der Waals surface area contributed by atoms with E-state index in [-0.39, 0.29) is 10.9 Å². The van der Waals surface area contributed by atoms with Gasteiger partial charge in [-0.15, -0.1) is 0 Å². The Hall–Kier alpha value is -2.30. The average molecular weight is 433 g/mol. The van der Waals surface area contributed by atoms with Gasteiger partial charge in [-0.2, -0.15) is 0 Å². The van der Waals surface area contributed by atoms with Gasteiger partial charge in [0.2, 0.25) is 0 Å². The first kappa shape index (κ1) is 21.9. The van der Waals surface area contributed by atoms with Gasteiger partial charge in [-0.25, -0.2) is 4.39 Å². The minimum absolute atomic E-state index is 0.144. The van der Waals surface area contributed by atoms with Gasteiger partial charge in [-0.1, -0.05) is 98.9 Å². The molecular weight excluding hydrogens is 403 g/mol. The number of hydrogen-bond acceptors (Lipinski definition) is 0. The van der Waals surface area contributed by atoms with Gasteiger partial charge in [0.25, 0.3) is 0 Å². The van der Waals surface area contributed by atoms with Crippen LogP contribution in [0, 0.1) is 23.6 Å². The predicted octanol–water partition coefficient (Wildman–Crippen LogP) is 8.69. The van der Waals surface area contributed by atoms with E-state index in [4.69, 9.17) is 11.6 Å². The molecule has 0 nitrogen and oxygen atoms in total. The Kier molecular flexibility index (Phi) is 7.31. The van der Waals surface area contributed by atoms with Crippen molar-refractivity contribution in [1.82, 2.24) is 0 Å². The molecule has 3 aromatic rings. The van der Waals surface area contributed by atoms with Crippen LogP contribution < -0.4 is 0 Å². The van der Waals surface area contributed by atoms with E-state index in [0.29, 0.717) is 11.5 Å². The van der Waals surface area contributed by atoms with Crippen LogP contribution in [0.4, 0.5) is 4.39 Å². The van der Waals surface area contributed by atoms with E-state index in [9.17, 15) is 4.39 Å². The van der Waals surface area contributed by atoms with Crippen LogP contribution in [0.2, 0.25) is 5.02 Å². The summed E-state index contributed by atoms with van der Waals surface area (Å²) in [6.07, 6.45) is 9.99. The molecule has 3 aromatic carbocycles. The molecule has 0 saturated heterocycles. The third-order valence-electron chi connectivity index (χ3n) is 6.62. The van der Waals surface area contributed by atoms with E-state index >= 15 is 0 Å². The van der Waals surface area contributed by atoms with E-state index in [1.54, 1.807) is 6.07 Å². The van der Waals surface area contributed by atoms with Crippen molar-refractivity contribution in [2.24, 2.45) is 5.92 Å². The molecular formula is C29H30ClF. The molecule has 0 N–H and O–H groups in total. The summed E-state index contributed by atoms with van der Waals surface area (Å²) in [5.74, 6) is 7.15. The zero-order valence-corrected chi connectivity index (χ0v) is 19.0. The van der Waals surface area contributed by atoms with Crippen LogP contribution in [0.25, 0.3) is 10.8 Å². The molecule has 160 valence electrons. The lowest BCUT2D eigenvalue weighted by atomic mass is 9.72. The van der Waals surface area contributed by atoms with Crippen LogP contribution in [0.15, 0.2) is 54.6 Å². The molecule has 0 heterocycles. The van der Waals surface area contributed by atoms with Crippen molar-refractivity contribution in [3.63, 3.8) is 0 Å². The first-order valence-electron chi connectivity index (χ1n) is 11.6. The molecule has 0 spiro atoms. The Bertz CT molecular complexity index is 1100. The topological polar surface area (TPSA) is 0 Å². The second-order valence-corrected chi connectivity index (χ2v) is 9.14. The minimum Gasteiger partial charge on any atom is -0.205 e. The van der Waals surface area contributed by atoms with Crippen LogP contribution in [0.3, 0.4) is 0 Å². The van der Waals surface area contributed by atoms with Crippen molar-refractivity contribution >= 4 is 22.4 Å². The summed E-state index contributed by atoms with van der Waals surface area (Å²) in [4.78, 5) is 0. The fraction of sp³-hybridized carbons (Fsp3) is 0.379. The van der Waals surface area contributed by atoms with Crippen LogP contribution in [0.5, 0.6) is 0 Å². The maximum absolute atomic E-state index is 13.9. The standard InChI is InChI=1S/C29H30ClF/c1-2-3-4-5-6-9-23-15-17-26-24-11-8-7-10-22(24)14-18-27(26)25(23)16-12-21-13-19-28(30)29(31)20-21/h7-8,10-11,13-14,18-20,23,25H,2-6,9,15,17H2,1H3/t23-,25+/m1/s1. The van der Waals surface area contributed by atoms with Crippen molar-refractivity contribution in [3.05, 3.63) is 82.1 Å². The number of hydrogen-bond donors (Lipinski definition) is 0. The van der Waals surface area contributed by atoms with Crippen LogP contribution in [-0.2, 0) is 6.42 Å². The lowest BCUT2D eigenvalue weighted by Crippen LogP contribution is -2.20. The second kappa shape index (κ2) is 10.3. The van der Waals surface area contributed by atoms with Gasteiger partial charge in [-0.3, -0.25) is 0 Å². The van der Waals surface area contributed by atoms with E-state index in [2.05, 4.69) is 55.2 Å². The SMILES string of the molecule is CCCCCCC[C@@H]1CCc2c(ccc3ccccc23)[C@H]1C#Cc1ccc(Cl)c(F)c1. The molecule has 1 aliphatic carbocycles.